The number of rotatable bonds is 9. The molecule has 0 radical (unpaired) electrons. The fraction of sp³-hybridized carbons (Fsp3) is 0.182. The minimum absolute atomic E-state index is 0.122. The largest absolute Gasteiger partial charge is 0.460 e. The van der Waals surface area contributed by atoms with Gasteiger partial charge in [0.05, 0.1) is 16.8 Å². The fourth-order valence-electron chi connectivity index (χ4n) is 2.85. The van der Waals surface area contributed by atoms with Gasteiger partial charge in [0.25, 0.3) is 0 Å². The molecule has 0 aliphatic rings. The van der Waals surface area contributed by atoms with Crippen molar-refractivity contribution in [2.24, 2.45) is 0 Å². The van der Waals surface area contributed by atoms with Gasteiger partial charge in [-0.2, -0.15) is 0 Å². The lowest BCUT2D eigenvalue weighted by atomic mass is 10.2. The minimum atomic E-state index is -0.329. The van der Waals surface area contributed by atoms with Crippen molar-refractivity contribution in [1.82, 2.24) is 19.7 Å². The third-order valence-corrected chi connectivity index (χ3v) is 6.12. The summed E-state index contributed by atoms with van der Waals surface area (Å²) in [5.41, 5.74) is 0.779. The number of hydrogen-bond donors (Lipinski definition) is 0. The van der Waals surface area contributed by atoms with Crippen LogP contribution in [-0.2, 0) is 22.7 Å². The number of nitrogens with zero attached hydrogens (tertiary/aromatic N) is 4. The van der Waals surface area contributed by atoms with E-state index in [1.165, 1.54) is 11.8 Å². The topological polar surface area (TPSA) is 79.1 Å². The zero-order chi connectivity index (χ0) is 21.5. The Morgan fingerprint density at radius 1 is 1.13 bits per heavy atom. The van der Waals surface area contributed by atoms with Crippen molar-refractivity contribution in [3.8, 4) is 22.2 Å². The van der Waals surface area contributed by atoms with Crippen molar-refractivity contribution in [1.29, 1.82) is 0 Å². The number of esters is 1. The fourth-order valence-corrected chi connectivity index (χ4v) is 4.37. The Morgan fingerprint density at radius 2 is 2.03 bits per heavy atom. The molecular formula is C22H20N4O3S2. The second kappa shape index (κ2) is 10.2. The van der Waals surface area contributed by atoms with E-state index in [1.807, 2.05) is 59.3 Å². The molecule has 0 saturated heterocycles. The van der Waals surface area contributed by atoms with Crippen LogP contribution in [0.2, 0.25) is 0 Å². The van der Waals surface area contributed by atoms with Crippen LogP contribution >= 0.6 is 23.1 Å². The highest BCUT2D eigenvalue weighted by atomic mass is 32.2. The molecule has 31 heavy (non-hydrogen) atoms. The number of thiophene rings is 1. The first-order chi connectivity index (χ1) is 15.2. The summed E-state index contributed by atoms with van der Waals surface area (Å²) in [7, 11) is 0. The highest BCUT2D eigenvalue weighted by molar-refractivity contribution is 7.99. The Balaban J connectivity index is 1.35. The van der Waals surface area contributed by atoms with Crippen LogP contribution in [-0.4, -0.2) is 31.5 Å². The summed E-state index contributed by atoms with van der Waals surface area (Å²) in [4.78, 5) is 17.4. The molecule has 3 aromatic heterocycles. The van der Waals surface area contributed by atoms with Crippen molar-refractivity contribution in [3.63, 3.8) is 0 Å². The molecule has 158 valence electrons. The lowest BCUT2D eigenvalue weighted by Crippen LogP contribution is -2.09. The van der Waals surface area contributed by atoms with Gasteiger partial charge in [0.1, 0.15) is 18.1 Å². The second-order valence-corrected chi connectivity index (χ2v) is 8.27. The predicted molar refractivity (Wildman–Crippen MR) is 120 cm³/mol. The highest BCUT2D eigenvalue weighted by Gasteiger charge is 2.16. The van der Waals surface area contributed by atoms with Crippen molar-refractivity contribution >= 4 is 29.1 Å². The quantitative estimate of drug-likeness (QED) is 0.260. The molecule has 0 unspecified atom stereocenters. The van der Waals surface area contributed by atoms with Gasteiger partial charge < -0.3 is 14.0 Å². The number of thioether (sulfide) groups is 1. The molecule has 4 rings (SSSR count). The standard InChI is InChI=1S/C22H20N4O3S2/c1-2-26-21(19-10-6-12-30-19)24-25-22(26)31-15-20(27)28-14-16-7-3-4-9-18(16)29-17-8-5-11-23-13-17/h3-13H,2,14-15H2,1H3. The van der Waals surface area contributed by atoms with Crippen LogP contribution in [0.25, 0.3) is 10.7 Å². The van der Waals surface area contributed by atoms with Gasteiger partial charge >= 0.3 is 5.97 Å². The van der Waals surface area contributed by atoms with E-state index in [0.717, 1.165) is 22.8 Å². The molecule has 7 nitrogen and oxygen atoms in total. The number of hydrogen-bond acceptors (Lipinski definition) is 8. The average Bonchev–Trinajstić information content (AvgIpc) is 3.47. The number of para-hydroxylation sites is 1. The highest BCUT2D eigenvalue weighted by Crippen LogP contribution is 2.28. The van der Waals surface area contributed by atoms with Gasteiger partial charge in [-0.05, 0) is 36.6 Å². The van der Waals surface area contributed by atoms with Crippen LogP contribution in [0.3, 0.4) is 0 Å². The Labute approximate surface area is 188 Å². The number of carbonyl (C=O) groups is 1. The van der Waals surface area contributed by atoms with Gasteiger partial charge in [-0.15, -0.1) is 21.5 Å². The first-order valence-electron chi connectivity index (χ1n) is 9.66. The number of carbonyl (C=O) groups excluding carboxylic acids is 1. The molecule has 0 fully saturated rings. The van der Waals surface area contributed by atoms with Crippen molar-refractivity contribution in [2.75, 3.05) is 5.75 Å². The van der Waals surface area contributed by atoms with E-state index in [2.05, 4.69) is 15.2 Å². The number of aromatic nitrogens is 4. The van der Waals surface area contributed by atoms with Crippen LogP contribution in [0.15, 0.2) is 71.5 Å². The van der Waals surface area contributed by atoms with E-state index in [0.29, 0.717) is 16.7 Å². The molecular weight excluding hydrogens is 432 g/mol. The molecule has 3 heterocycles. The smallest absolute Gasteiger partial charge is 0.316 e. The van der Waals surface area contributed by atoms with Crippen molar-refractivity contribution in [3.05, 3.63) is 71.9 Å². The molecule has 1 aromatic carbocycles. The Hall–Kier alpha value is -3.17. The van der Waals surface area contributed by atoms with Crippen LogP contribution in [0.5, 0.6) is 11.5 Å². The maximum Gasteiger partial charge on any atom is 0.316 e. The summed E-state index contributed by atoms with van der Waals surface area (Å²) in [6.45, 7) is 2.87. The lowest BCUT2D eigenvalue weighted by Gasteiger charge is -2.11. The van der Waals surface area contributed by atoms with E-state index >= 15 is 0 Å². The summed E-state index contributed by atoms with van der Waals surface area (Å²) in [6, 6.07) is 15.1. The third-order valence-electron chi connectivity index (χ3n) is 4.32. The van der Waals surface area contributed by atoms with E-state index in [-0.39, 0.29) is 18.3 Å². The van der Waals surface area contributed by atoms with E-state index in [1.54, 1.807) is 29.8 Å². The van der Waals surface area contributed by atoms with Gasteiger partial charge in [-0.25, -0.2) is 0 Å². The van der Waals surface area contributed by atoms with E-state index in [9.17, 15) is 4.79 Å². The molecule has 0 amide bonds. The summed E-state index contributed by atoms with van der Waals surface area (Å²) >= 11 is 2.93. The zero-order valence-electron chi connectivity index (χ0n) is 16.8. The Kier molecular flexibility index (Phi) is 6.96. The Bertz CT molecular complexity index is 1130. The molecule has 0 aliphatic carbocycles. The molecule has 0 N–H and O–H groups in total. The number of ether oxygens (including phenoxy) is 2. The number of benzene rings is 1. The summed E-state index contributed by atoms with van der Waals surface area (Å²) in [5.74, 6) is 1.88. The molecule has 0 saturated carbocycles. The molecule has 0 aliphatic heterocycles. The molecule has 0 bridgehead atoms. The van der Waals surface area contributed by atoms with Crippen LogP contribution in [0, 0.1) is 0 Å². The predicted octanol–water partition coefficient (Wildman–Crippen LogP) is 5.05. The second-order valence-electron chi connectivity index (χ2n) is 6.38. The molecule has 0 spiro atoms. The summed E-state index contributed by atoms with van der Waals surface area (Å²) in [6.07, 6.45) is 3.31. The SMILES string of the molecule is CCn1c(SCC(=O)OCc2ccccc2Oc2cccnc2)nnc1-c1cccs1. The Morgan fingerprint density at radius 3 is 2.81 bits per heavy atom. The van der Waals surface area contributed by atoms with Gasteiger partial charge in [0, 0.05) is 18.3 Å². The van der Waals surface area contributed by atoms with E-state index < -0.39 is 0 Å². The average molecular weight is 453 g/mol. The van der Waals surface area contributed by atoms with Crippen LogP contribution in [0.1, 0.15) is 12.5 Å². The maximum atomic E-state index is 12.3. The van der Waals surface area contributed by atoms with Gasteiger partial charge in [-0.1, -0.05) is 36.0 Å². The van der Waals surface area contributed by atoms with Gasteiger partial charge in [-0.3, -0.25) is 9.78 Å². The normalized spacial score (nSPS) is 10.7. The van der Waals surface area contributed by atoms with Gasteiger partial charge in [0.15, 0.2) is 11.0 Å². The first-order valence-corrected chi connectivity index (χ1v) is 11.5. The zero-order valence-corrected chi connectivity index (χ0v) is 18.4. The monoisotopic (exact) mass is 452 g/mol. The van der Waals surface area contributed by atoms with E-state index in [4.69, 9.17) is 9.47 Å². The molecule has 0 atom stereocenters. The minimum Gasteiger partial charge on any atom is -0.460 e. The van der Waals surface area contributed by atoms with Crippen molar-refractivity contribution < 1.29 is 14.3 Å². The summed E-state index contributed by atoms with van der Waals surface area (Å²) in [5, 5.41) is 11.2. The number of pyridine rings is 1. The van der Waals surface area contributed by atoms with Gasteiger partial charge in [0.2, 0.25) is 0 Å². The summed E-state index contributed by atoms with van der Waals surface area (Å²) < 4.78 is 13.3. The maximum absolute atomic E-state index is 12.3. The van der Waals surface area contributed by atoms with Crippen LogP contribution in [0.4, 0.5) is 0 Å². The third kappa shape index (κ3) is 5.31. The van der Waals surface area contributed by atoms with Crippen LogP contribution < -0.4 is 4.74 Å². The molecule has 9 heteroatoms. The van der Waals surface area contributed by atoms with Crippen molar-refractivity contribution in [2.45, 2.75) is 25.2 Å². The molecule has 4 aromatic rings. The first kappa shape index (κ1) is 21.1. The lowest BCUT2D eigenvalue weighted by molar-refractivity contribution is -0.141.